The maximum absolute atomic E-state index is 10.9. The average molecular weight is 247 g/mol. The lowest BCUT2D eigenvalue weighted by Crippen LogP contribution is -1.89. The molecule has 0 aliphatic heterocycles. The smallest absolute Gasteiger partial charge is 0.150 e. The van der Waals surface area contributed by atoms with Crippen LogP contribution in [0.4, 0.5) is 0 Å². The van der Waals surface area contributed by atoms with E-state index in [0.29, 0.717) is 12.0 Å². The summed E-state index contributed by atoms with van der Waals surface area (Å²) in [4.78, 5) is 10.9. The number of hydrogen-bond acceptors (Lipinski definition) is 2. The van der Waals surface area contributed by atoms with Crippen LogP contribution >= 0.6 is 0 Å². The van der Waals surface area contributed by atoms with Crippen LogP contribution in [-0.4, -0.2) is 6.29 Å². The van der Waals surface area contributed by atoms with Gasteiger partial charge in [-0.3, -0.25) is 4.79 Å². The lowest BCUT2D eigenvalue weighted by molar-refractivity contribution is 0.112. The van der Waals surface area contributed by atoms with Crippen LogP contribution in [0.5, 0.6) is 0 Å². The second-order valence-corrected chi connectivity index (χ2v) is 4.16. The Hall–Kier alpha value is -2.66. The van der Waals surface area contributed by atoms with Gasteiger partial charge in [0, 0.05) is 5.56 Å². The highest BCUT2D eigenvalue weighted by atomic mass is 16.1. The first-order valence-corrected chi connectivity index (χ1v) is 6.03. The molecule has 0 aliphatic rings. The molecule has 0 N–H and O–H groups in total. The molecular weight excluding hydrogens is 234 g/mol. The molecule has 19 heavy (non-hydrogen) atoms. The fraction of sp³-hybridized carbons (Fsp3) is 0.0588. The summed E-state index contributed by atoms with van der Waals surface area (Å²) in [6, 6.07) is 17.1. The predicted octanol–water partition coefficient (Wildman–Crippen LogP) is 3.63. The second-order valence-electron chi connectivity index (χ2n) is 4.16. The van der Waals surface area contributed by atoms with Crippen LogP contribution in [0, 0.1) is 11.3 Å². The van der Waals surface area contributed by atoms with E-state index in [1.807, 2.05) is 54.6 Å². The second kappa shape index (κ2) is 6.32. The van der Waals surface area contributed by atoms with E-state index in [9.17, 15) is 4.79 Å². The van der Waals surface area contributed by atoms with Crippen molar-refractivity contribution in [3.8, 4) is 6.07 Å². The molecule has 0 aliphatic carbocycles. The van der Waals surface area contributed by atoms with Crippen molar-refractivity contribution >= 4 is 12.4 Å². The summed E-state index contributed by atoms with van der Waals surface area (Å²) in [6.07, 6.45) is 5.53. The number of rotatable bonds is 4. The SMILES string of the molecule is N#Cc1cccc(C=CCc2ccccc2C=O)c1. The Bertz CT molecular complexity index is 650. The summed E-state index contributed by atoms with van der Waals surface area (Å²) in [7, 11) is 0. The zero-order valence-electron chi connectivity index (χ0n) is 10.4. The molecule has 92 valence electrons. The molecule has 0 heterocycles. The Morgan fingerprint density at radius 2 is 1.95 bits per heavy atom. The van der Waals surface area contributed by atoms with Crippen LogP contribution in [-0.2, 0) is 6.42 Å². The third-order valence-electron chi connectivity index (χ3n) is 2.85. The zero-order valence-corrected chi connectivity index (χ0v) is 10.4. The van der Waals surface area contributed by atoms with Gasteiger partial charge in [-0.15, -0.1) is 0 Å². The molecule has 0 amide bonds. The molecule has 2 aromatic carbocycles. The summed E-state index contributed by atoms with van der Waals surface area (Å²) in [5.74, 6) is 0. The highest BCUT2D eigenvalue weighted by Crippen LogP contribution is 2.10. The zero-order chi connectivity index (χ0) is 13.5. The number of allylic oxidation sites excluding steroid dienone is 1. The fourth-order valence-electron chi connectivity index (χ4n) is 1.87. The van der Waals surface area contributed by atoms with E-state index in [-0.39, 0.29) is 0 Å². The lowest BCUT2D eigenvalue weighted by atomic mass is 10.0. The maximum Gasteiger partial charge on any atom is 0.150 e. The molecule has 2 aromatic rings. The van der Waals surface area contributed by atoms with E-state index >= 15 is 0 Å². The minimum Gasteiger partial charge on any atom is -0.298 e. The van der Waals surface area contributed by atoms with Gasteiger partial charge in [0.2, 0.25) is 0 Å². The molecule has 0 radical (unpaired) electrons. The monoisotopic (exact) mass is 247 g/mol. The van der Waals surface area contributed by atoms with Crippen molar-refractivity contribution in [1.29, 1.82) is 5.26 Å². The van der Waals surface area contributed by atoms with Gasteiger partial charge in [-0.05, 0) is 29.7 Å². The third-order valence-corrected chi connectivity index (χ3v) is 2.85. The van der Waals surface area contributed by atoms with Crippen molar-refractivity contribution < 1.29 is 4.79 Å². The molecule has 0 atom stereocenters. The van der Waals surface area contributed by atoms with Gasteiger partial charge in [0.1, 0.15) is 6.29 Å². The molecule has 2 nitrogen and oxygen atoms in total. The van der Waals surface area contributed by atoms with E-state index in [2.05, 4.69) is 6.07 Å². The Morgan fingerprint density at radius 3 is 2.74 bits per heavy atom. The van der Waals surface area contributed by atoms with E-state index in [0.717, 1.165) is 23.0 Å². The highest BCUT2D eigenvalue weighted by molar-refractivity contribution is 5.77. The van der Waals surface area contributed by atoms with Gasteiger partial charge in [-0.25, -0.2) is 0 Å². The van der Waals surface area contributed by atoms with Crippen LogP contribution in [0.1, 0.15) is 27.0 Å². The summed E-state index contributed by atoms with van der Waals surface area (Å²) in [5.41, 5.74) is 3.36. The number of carbonyl (C=O) groups is 1. The maximum atomic E-state index is 10.9. The van der Waals surface area contributed by atoms with Crippen molar-refractivity contribution in [3.63, 3.8) is 0 Å². The largest absolute Gasteiger partial charge is 0.298 e. The lowest BCUT2D eigenvalue weighted by Gasteiger charge is -2.00. The molecule has 0 spiro atoms. The normalized spacial score (nSPS) is 10.3. The molecule has 0 unspecified atom stereocenters. The van der Waals surface area contributed by atoms with Crippen LogP contribution in [0.3, 0.4) is 0 Å². The first-order chi connectivity index (χ1) is 9.33. The number of nitrogens with zero attached hydrogens (tertiary/aromatic N) is 1. The van der Waals surface area contributed by atoms with Gasteiger partial charge in [0.05, 0.1) is 11.6 Å². The van der Waals surface area contributed by atoms with Crippen molar-refractivity contribution in [2.24, 2.45) is 0 Å². The predicted molar refractivity (Wildman–Crippen MR) is 75.7 cm³/mol. The number of benzene rings is 2. The van der Waals surface area contributed by atoms with Gasteiger partial charge >= 0.3 is 0 Å². The Balaban J connectivity index is 2.11. The van der Waals surface area contributed by atoms with E-state index in [1.165, 1.54) is 0 Å². The molecule has 0 aromatic heterocycles. The topological polar surface area (TPSA) is 40.9 Å². The number of nitriles is 1. The standard InChI is InChI=1S/C17H13NO/c18-12-15-7-3-5-14(11-15)6-4-10-16-8-1-2-9-17(16)13-19/h1-9,11,13H,10H2. The van der Waals surface area contributed by atoms with Crippen molar-refractivity contribution in [1.82, 2.24) is 0 Å². The first-order valence-electron chi connectivity index (χ1n) is 6.03. The first kappa shape index (κ1) is 12.8. The number of hydrogen-bond donors (Lipinski definition) is 0. The fourth-order valence-corrected chi connectivity index (χ4v) is 1.87. The Kier molecular flexibility index (Phi) is 4.25. The van der Waals surface area contributed by atoms with E-state index in [4.69, 9.17) is 5.26 Å². The average Bonchev–Trinajstić information content (AvgIpc) is 2.48. The third kappa shape index (κ3) is 3.40. The van der Waals surface area contributed by atoms with Crippen LogP contribution in [0.25, 0.3) is 6.08 Å². The minimum atomic E-state index is 0.649. The van der Waals surface area contributed by atoms with Gasteiger partial charge in [0.15, 0.2) is 0 Å². The summed E-state index contributed by atoms with van der Waals surface area (Å²) < 4.78 is 0. The summed E-state index contributed by atoms with van der Waals surface area (Å²) in [5, 5.41) is 8.82. The van der Waals surface area contributed by atoms with Gasteiger partial charge in [-0.2, -0.15) is 5.26 Å². The van der Waals surface area contributed by atoms with Crippen molar-refractivity contribution in [3.05, 3.63) is 76.9 Å². The molecule has 2 heteroatoms. The van der Waals surface area contributed by atoms with Crippen LogP contribution in [0.2, 0.25) is 0 Å². The molecule has 0 saturated heterocycles. The van der Waals surface area contributed by atoms with Crippen LogP contribution in [0.15, 0.2) is 54.6 Å². The van der Waals surface area contributed by atoms with Crippen molar-refractivity contribution in [2.45, 2.75) is 6.42 Å². The molecular formula is C17H13NO. The summed E-state index contributed by atoms with van der Waals surface area (Å²) in [6.45, 7) is 0. The minimum absolute atomic E-state index is 0.649. The quantitative estimate of drug-likeness (QED) is 0.774. The van der Waals surface area contributed by atoms with Gasteiger partial charge in [-0.1, -0.05) is 48.6 Å². The molecule has 0 bridgehead atoms. The number of aldehydes is 1. The van der Waals surface area contributed by atoms with Gasteiger partial charge < -0.3 is 0 Å². The van der Waals surface area contributed by atoms with Crippen LogP contribution < -0.4 is 0 Å². The number of carbonyl (C=O) groups excluding carboxylic acids is 1. The Labute approximate surface area is 112 Å². The van der Waals surface area contributed by atoms with E-state index in [1.54, 1.807) is 6.07 Å². The summed E-state index contributed by atoms with van der Waals surface area (Å²) >= 11 is 0. The van der Waals surface area contributed by atoms with Gasteiger partial charge in [0.25, 0.3) is 0 Å². The van der Waals surface area contributed by atoms with Crippen molar-refractivity contribution in [2.75, 3.05) is 0 Å². The Morgan fingerprint density at radius 1 is 1.11 bits per heavy atom. The molecule has 0 saturated carbocycles. The molecule has 0 fully saturated rings. The molecule has 2 rings (SSSR count). The highest BCUT2D eigenvalue weighted by Gasteiger charge is 1.97. The van der Waals surface area contributed by atoms with E-state index < -0.39 is 0 Å².